The summed E-state index contributed by atoms with van der Waals surface area (Å²) in [7, 11) is 0. The Morgan fingerprint density at radius 1 is 0.870 bits per heavy atom. The summed E-state index contributed by atoms with van der Waals surface area (Å²) < 4.78 is 43.2. The number of hydrogen-bond acceptors (Lipinski definition) is 6. The lowest BCUT2D eigenvalue weighted by atomic mass is 9.83. The SMILES string of the molecule is O=C(Cn1c2c(sc1=O)C(c1ccc(Cl)cc1)C1C(=O)N(c3ccccc3C(F)(F)F)C(=O)C1S2)Nc1cccc2ccccc12. The van der Waals surface area contributed by atoms with E-state index in [0.717, 1.165) is 46.0 Å². The van der Waals surface area contributed by atoms with Gasteiger partial charge in [0, 0.05) is 26.9 Å². The van der Waals surface area contributed by atoms with Crippen molar-refractivity contribution >= 4 is 74.6 Å². The molecule has 0 bridgehead atoms. The first-order valence-electron chi connectivity index (χ1n) is 14.0. The van der Waals surface area contributed by atoms with Crippen LogP contribution in [0.4, 0.5) is 24.5 Å². The maximum absolute atomic E-state index is 14.0. The van der Waals surface area contributed by atoms with Crippen LogP contribution in [0.5, 0.6) is 0 Å². The summed E-state index contributed by atoms with van der Waals surface area (Å²) in [5.74, 6) is -4.07. The lowest BCUT2D eigenvalue weighted by Crippen LogP contribution is -2.33. The number of benzene rings is 4. The van der Waals surface area contributed by atoms with E-state index in [0.29, 0.717) is 31.1 Å². The second-order valence-electron chi connectivity index (χ2n) is 10.8. The fourth-order valence-electron chi connectivity index (χ4n) is 6.10. The topological polar surface area (TPSA) is 88.5 Å². The minimum atomic E-state index is -4.82. The third kappa shape index (κ3) is 5.10. The quantitative estimate of drug-likeness (QED) is 0.199. The monoisotopic (exact) mass is 679 g/mol. The number of rotatable bonds is 5. The Kier molecular flexibility index (Phi) is 7.53. The first kappa shape index (κ1) is 30.3. The number of para-hydroxylation sites is 1. The molecule has 2 aliphatic rings. The lowest BCUT2D eigenvalue weighted by Gasteiger charge is -2.30. The minimum absolute atomic E-state index is 0.316. The number of anilines is 2. The van der Waals surface area contributed by atoms with Crippen LogP contribution >= 0.6 is 34.7 Å². The molecule has 7 nitrogen and oxygen atoms in total. The molecular formula is C33H21ClF3N3O4S2. The van der Waals surface area contributed by atoms with Crippen LogP contribution in [0, 0.1) is 5.92 Å². The van der Waals surface area contributed by atoms with Crippen molar-refractivity contribution in [3.05, 3.63) is 122 Å². The van der Waals surface area contributed by atoms with Gasteiger partial charge in [0.15, 0.2) is 0 Å². The van der Waals surface area contributed by atoms with Gasteiger partial charge in [0.05, 0.1) is 22.2 Å². The van der Waals surface area contributed by atoms with Gasteiger partial charge >= 0.3 is 11.0 Å². The van der Waals surface area contributed by atoms with E-state index in [9.17, 15) is 32.3 Å². The molecule has 0 saturated carbocycles. The number of nitrogens with one attached hydrogen (secondary N) is 1. The molecule has 13 heteroatoms. The van der Waals surface area contributed by atoms with Crippen LogP contribution in [0.15, 0.2) is 101 Å². The van der Waals surface area contributed by atoms with Crippen molar-refractivity contribution in [2.24, 2.45) is 5.92 Å². The van der Waals surface area contributed by atoms with Crippen LogP contribution in [0.2, 0.25) is 5.02 Å². The van der Waals surface area contributed by atoms with E-state index in [4.69, 9.17) is 11.6 Å². The number of carbonyl (C=O) groups excluding carboxylic acids is 3. The van der Waals surface area contributed by atoms with Crippen molar-refractivity contribution in [3.8, 4) is 0 Å². The molecule has 1 N–H and O–H groups in total. The van der Waals surface area contributed by atoms with E-state index in [2.05, 4.69) is 5.32 Å². The molecule has 7 rings (SSSR count). The fraction of sp³-hybridized carbons (Fsp3) is 0.152. The fourth-order valence-corrected chi connectivity index (χ4v) is 9.00. The van der Waals surface area contributed by atoms with Crippen LogP contribution in [-0.2, 0) is 27.1 Å². The Labute approximate surface area is 272 Å². The molecule has 0 radical (unpaired) electrons. The molecule has 4 aromatic carbocycles. The van der Waals surface area contributed by atoms with Gasteiger partial charge in [0.2, 0.25) is 17.7 Å². The second kappa shape index (κ2) is 11.4. The Balaban J connectivity index is 1.29. The Bertz CT molecular complexity index is 2110. The molecule has 1 aromatic heterocycles. The zero-order chi connectivity index (χ0) is 32.3. The van der Waals surface area contributed by atoms with Crippen molar-refractivity contribution in [1.29, 1.82) is 0 Å². The van der Waals surface area contributed by atoms with E-state index in [1.54, 1.807) is 36.4 Å². The highest BCUT2D eigenvalue weighted by molar-refractivity contribution is 8.00. The van der Waals surface area contributed by atoms with Crippen LogP contribution < -0.4 is 15.1 Å². The average Bonchev–Trinajstić information content (AvgIpc) is 3.47. The maximum atomic E-state index is 14.0. The van der Waals surface area contributed by atoms with E-state index in [1.807, 2.05) is 30.3 Å². The molecule has 0 spiro atoms. The number of thioether (sulfide) groups is 1. The van der Waals surface area contributed by atoms with E-state index in [-0.39, 0.29) is 6.54 Å². The van der Waals surface area contributed by atoms with Gasteiger partial charge in [-0.2, -0.15) is 13.2 Å². The summed E-state index contributed by atoms with van der Waals surface area (Å²) in [5.41, 5.74) is -0.547. The second-order valence-corrected chi connectivity index (χ2v) is 13.4. The minimum Gasteiger partial charge on any atom is -0.324 e. The molecule has 46 heavy (non-hydrogen) atoms. The smallest absolute Gasteiger partial charge is 0.324 e. The Morgan fingerprint density at radius 2 is 1.57 bits per heavy atom. The van der Waals surface area contributed by atoms with Crippen molar-refractivity contribution in [3.63, 3.8) is 0 Å². The molecule has 3 atom stereocenters. The first-order chi connectivity index (χ1) is 22.0. The molecule has 3 unspecified atom stereocenters. The van der Waals surface area contributed by atoms with E-state index >= 15 is 0 Å². The number of hydrogen-bond donors (Lipinski definition) is 1. The average molecular weight is 680 g/mol. The van der Waals surface area contributed by atoms with Crippen LogP contribution in [0.1, 0.15) is 21.9 Å². The van der Waals surface area contributed by atoms with Crippen molar-refractivity contribution < 1.29 is 27.6 Å². The van der Waals surface area contributed by atoms with Gasteiger partial charge in [-0.1, -0.05) is 95.4 Å². The Hall–Kier alpha value is -4.39. The third-order valence-electron chi connectivity index (χ3n) is 8.09. The van der Waals surface area contributed by atoms with Gasteiger partial charge in [-0.05, 0) is 41.3 Å². The van der Waals surface area contributed by atoms with Gasteiger partial charge in [0.1, 0.15) is 11.8 Å². The molecule has 3 amide bonds. The number of thiazole rings is 1. The van der Waals surface area contributed by atoms with Gasteiger partial charge in [0.25, 0.3) is 0 Å². The van der Waals surface area contributed by atoms with E-state index in [1.165, 1.54) is 16.7 Å². The highest BCUT2D eigenvalue weighted by Gasteiger charge is 2.57. The number of imide groups is 1. The molecular weight excluding hydrogens is 659 g/mol. The first-order valence-corrected chi connectivity index (χ1v) is 16.1. The predicted octanol–water partition coefficient (Wildman–Crippen LogP) is 7.17. The van der Waals surface area contributed by atoms with Crippen LogP contribution in [0.3, 0.4) is 0 Å². The largest absolute Gasteiger partial charge is 0.418 e. The molecule has 1 fully saturated rings. The van der Waals surface area contributed by atoms with Crippen LogP contribution in [0.25, 0.3) is 10.8 Å². The standard InChI is InChI=1S/C33H21ClF3N3O4S2/c34-19-14-12-18(13-15-19)25-26-27(30(43)40(29(26)42)23-11-4-3-9-21(23)33(35,36)37)45-31-28(25)46-32(44)39(31)16-24(41)38-22-10-5-7-17-6-1-2-8-20(17)22/h1-15,25-27H,16H2,(H,38,41). The molecule has 5 aromatic rings. The van der Waals surface area contributed by atoms with E-state index < -0.39 is 57.1 Å². The predicted molar refractivity (Wildman–Crippen MR) is 172 cm³/mol. The summed E-state index contributed by atoms with van der Waals surface area (Å²) in [6, 6.07) is 23.9. The summed E-state index contributed by atoms with van der Waals surface area (Å²) in [4.78, 5) is 55.3. The van der Waals surface area contributed by atoms with Crippen molar-refractivity contribution in [1.82, 2.24) is 4.57 Å². The number of aromatic nitrogens is 1. The molecule has 2 aliphatic heterocycles. The van der Waals surface area contributed by atoms with Gasteiger partial charge in [-0.25, -0.2) is 4.90 Å². The zero-order valence-corrected chi connectivity index (χ0v) is 25.8. The number of amides is 3. The summed E-state index contributed by atoms with van der Waals surface area (Å²) >= 11 is 7.90. The zero-order valence-electron chi connectivity index (χ0n) is 23.5. The highest BCUT2D eigenvalue weighted by Crippen LogP contribution is 2.54. The van der Waals surface area contributed by atoms with Crippen molar-refractivity contribution in [2.45, 2.75) is 28.9 Å². The normalized spacial score (nSPS) is 19.3. The molecule has 3 heterocycles. The Morgan fingerprint density at radius 3 is 2.33 bits per heavy atom. The highest BCUT2D eigenvalue weighted by atomic mass is 35.5. The summed E-state index contributed by atoms with van der Waals surface area (Å²) in [6.45, 7) is -0.381. The third-order valence-corrected chi connectivity index (χ3v) is 10.9. The lowest BCUT2D eigenvalue weighted by molar-refractivity contribution is -0.137. The number of alkyl halides is 3. The number of halogens is 4. The maximum Gasteiger partial charge on any atom is 0.418 e. The van der Waals surface area contributed by atoms with Gasteiger partial charge in [-0.15, -0.1) is 0 Å². The van der Waals surface area contributed by atoms with Gasteiger partial charge in [-0.3, -0.25) is 23.7 Å². The van der Waals surface area contributed by atoms with Crippen LogP contribution in [-0.4, -0.2) is 27.5 Å². The van der Waals surface area contributed by atoms with Gasteiger partial charge < -0.3 is 5.32 Å². The molecule has 0 aliphatic carbocycles. The summed E-state index contributed by atoms with van der Waals surface area (Å²) in [6.07, 6.45) is -4.82. The van der Waals surface area contributed by atoms with Crippen molar-refractivity contribution in [2.75, 3.05) is 10.2 Å². The number of fused-ring (bicyclic) bond motifs is 3. The molecule has 232 valence electrons. The summed E-state index contributed by atoms with van der Waals surface area (Å²) in [5, 5.41) is 4.17. The number of carbonyl (C=O) groups is 3. The molecule has 1 saturated heterocycles. The number of nitrogens with zero attached hydrogens (tertiary/aromatic N) is 2.